The van der Waals surface area contributed by atoms with Gasteiger partial charge in [0.15, 0.2) is 4.90 Å². The predicted octanol–water partition coefficient (Wildman–Crippen LogP) is -1.75. The average Bonchev–Trinajstić information content (AvgIpc) is 2.87. The van der Waals surface area contributed by atoms with Gasteiger partial charge in [-0.05, 0) is 6.42 Å². The number of hydrogen-bond acceptors (Lipinski definition) is 6. The Balaban J connectivity index is 2.31. The van der Waals surface area contributed by atoms with Gasteiger partial charge in [0, 0.05) is 19.3 Å². The molecule has 10 heteroatoms. The van der Waals surface area contributed by atoms with Gasteiger partial charge >= 0.3 is 11.7 Å². The maximum atomic E-state index is 12.3. The van der Waals surface area contributed by atoms with E-state index in [-0.39, 0.29) is 13.1 Å². The number of ether oxygens (including phenoxy) is 1. The molecule has 1 aliphatic heterocycles. The molecule has 1 unspecified atom stereocenters. The van der Waals surface area contributed by atoms with E-state index in [0.29, 0.717) is 6.42 Å². The number of hydrogen-bond donors (Lipinski definition) is 2. The Kier molecular flexibility index (Phi) is 3.77. The Morgan fingerprint density at radius 1 is 1.45 bits per heavy atom. The number of methoxy groups -OCH3 is 1. The van der Waals surface area contributed by atoms with Crippen molar-refractivity contribution in [2.24, 2.45) is 5.92 Å². The summed E-state index contributed by atoms with van der Waals surface area (Å²) in [6.45, 7) is 0.0637. The van der Waals surface area contributed by atoms with Gasteiger partial charge in [0.2, 0.25) is 10.0 Å². The van der Waals surface area contributed by atoms with Crippen molar-refractivity contribution in [2.45, 2.75) is 11.3 Å². The highest BCUT2D eigenvalue weighted by Gasteiger charge is 2.37. The second kappa shape index (κ2) is 5.21. The van der Waals surface area contributed by atoms with Crippen molar-refractivity contribution in [1.29, 1.82) is 0 Å². The number of sulfonamides is 1. The lowest BCUT2D eigenvalue weighted by atomic mass is 10.1. The van der Waals surface area contributed by atoms with Crippen LogP contribution in [-0.2, 0) is 19.6 Å². The molecule has 0 aromatic carbocycles. The summed E-state index contributed by atoms with van der Waals surface area (Å²) in [5.41, 5.74) is -1.78. The minimum absolute atomic E-state index is 0.0480. The van der Waals surface area contributed by atoms with Crippen molar-refractivity contribution >= 4 is 16.0 Å². The minimum atomic E-state index is -4.05. The van der Waals surface area contributed by atoms with E-state index in [4.69, 9.17) is 0 Å². The molecule has 0 radical (unpaired) electrons. The Labute approximate surface area is 113 Å². The molecule has 0 saturated carbocycles. The lowest BCUT2D eigenvalue weighted by Crippen LogP contribution is -2.36. The molecule has 1 aromatic heterocycles. The number of aromatic amines is 2. The van der Waals surface area contributed by atoms with Crippen LogP contribution in [0.15, 0.2) is 20.7 Å². The van der Waals surface area contributed by atoms with Gasteiger partial charge in [-0.3, -0.25) is 14.6 Å². The van der Waals surface area contributed by atoms with E-state index < -0.39 is 38.1 Å². The van der Waals surface area contributed by atoms with Gasteiger partial charge in [0.05, 0.1) is 13.0 Å². The zero-order valence-electron chi connectivity index (χ0n) is 10.6. The van der Waals surface area contributed by atoms with Crippen molar-refractivity contribution in [3.63, 3.8) is 0 Å². The number of esters is 1. The van der Waals surface area contributed by atoms with E-state index in [1.807, 2.05) is 4.98 Å². The average molecular weight is 303 g/mol. The third-order valence-corrected chi connectivity index (χ3v) is 4.96. The summed E-state index contributed by atoms with van der Waals surface area (Å²) in [6, 6.07) is 0. The fraction of sp³-hybridized carbons (Fsp3) is 0.500. The fourth-order valence-corrected chi connectivity index (χ4v) is 3.53. The van der Waals surface area contributed by atoms with E-state index in [9.17, 15) is 22.8 Å². The molecule has 1 aromatic rings. The molecule has 0 aliphatic carbocycles. The SMILES string of the molecule is COC(=O)C1CCN(S(=O)(=O)c2c[nH]c(=O)[nH]c2=O)C1. The minimum Gasteiger partial charge on any atom is -0.469 e. The predicted molar refractivity (Wildman–Crippen MR) is 66.6 cm³/mol. The fourth-order valence-electron chi connectivity index (χ4n) is 2.03. The van der Waals surface area contributed by atoms with Gasteiger partial charge in [-0.25, -0.2) is 13.2 Å². The van der Waals surface area contributed by atoms with Gasteiger partial charge in [-0.2, -0.15) is 4.31 Å². The molecule has 1 saturated heterocycles. The Morgan fingerprint density at radius 2 is 2.15 bits per heavy atom. The van der Waals surface area contributed by atoms with Crippen LogP contribution < -0.4 is 11.2 Å². The first-order valence-corrected chi connectivity index (χ1v) is 7.20. The third kappa shape index (κ3) is 2.51. The second-order valence-electron chi connectivity index (χ2n) is 4.31. The first kappa shape index (κ1) is 14.5. The van der Waals surface area contributed by atoms with Crippen LogP contribution in [0, 0.1) is 5.92 Å². The molecular formula is C10H13N3O6S. The monoisotopic (exact) mass is 303 g/mol. The van der Waals surface area contributed by atoms with Gasteiger partial charge in [0.1, 0.15) is 0 Å². The number of aromatic nitrogens is 2. The molecule has 0 spiro atoms. The Bertz CT molecular complexity index is 734. The van der Waals surface area contributed by atoms with Crippen LogP contribution in [0.25, 0.3) is 0 Å². The molecule has 0 bridgehead atoms. The molecule has 1 aliphatic rings. The van der Waals surface area contributed by atoms with Gasteiger partial charge < -0.3 is 9.72 Å². The topological polar surface area (TPSA) is 129 Å². The maximum Gasteiger partial charge on any atom is 0.325 e. The van der Waals surface area contributed by atoms with Crippen LogP contribution in [-0.4, -0.2) is 48.9 Å². The molecule has 2 N–H and O–H groups in total. The molecule has 20 heavy (non-hydrogen) atoms. The first-order valence-electron chi connectivity index (χ1n) is 5.76. The summed E-state index contributed by atoms with van der Waals surface area (Å²) < 4.78 is 30.1. The summed E-state index contributed by atoms with van der Waals surface area (Å²) >= 11 is 0. The molecule has 1 atom stereocenters. The first-order chi connectivity index (χ1) is 9.36. The lowest BCUT2D eigenvalue weighted by molar-refractivity contribution is -0.144. The standard InChI is InChI=1S/C10H13N3O6S/c1-19-9(15)6-2-3-13(5-6)20(17,18)7-4-11-10(16)12-8(7)14/h4,6H,2-3,5H2,1H3,(H2,11,12,14,16). The normalized spacial score (nSPS) is 19.9. The third-order valence-electron chi connectivity index (χ3n) is 3.09. The largest absolute Gasteiger partial charge is 0.469 e. The lowest BCUT2D eigenvalue weighted by Gasteiger charge is -2.15. The van der Waals surface area contributed by atoms with Crippen LogP contribution in [0.1, 0.15) is 6.42 Å². The Hall–Kier alpha value is -1.94. The summed E-state index contributed by atoms with van der Waals surface area (Å²) in [5, 5.41) is 0. The van der Waals surface area contributed by atoms with E-state index in [1.165, 1.54) is 7.11 Å². The van der Waals surface area contributed by atoms with E-state index in [2.05, 4.69) is 9.72 Å². The molecule has 1 fully saturated rings. The number of nitrogens with zero attached hydrogens (tertiary/aromatic N) is 1. The smallest absolute Gasteiger partial charge is 0.325 e. The highest BCUT2D eigenvalue weighted by atomic mass is 32.2. The molecule has 2 heterocycles. The summed E-state index contributed by atoms with van der Waals surface area (Å²) in [7, 11) is -2.82. The van der Waals surface area contributed by atoms with E-state index in [1.54, 1.807) is 0 Å². The summed E-state index contributed by atoms with van der Waals surface area (Å²) in [6.07, 6.45) is 1.18. The number of H-pyrrole nitrogens is 2. The van der Waals surface area contributed by atoms with E-state index in [0.717, 1.165) is 10.5 Å². The van der Waals surface area contributed by atoms with Gasteiger partial charge in [-0.15, -0.1) is 0 Å². The highest BCUT2D eigenvalue weighted by molar-refractivity contribution is 7.89. The quantitative estimate of drug-likeness (QED) is 0.637. The summed E-state index contributed by atoms with van der Waals surface area (Å²) in [5.74, 6) is -1.03. The number of carbonyl (C=O) groups is 1. The highest BCUT2D eigenvalue weighted by Crippen LogP contribution is 2.23. The maximum absolute atomic E-state index is 12.3. The van der Waals surface area contributed by atoms with Gasteiger partial charge in [-0.1, -0.05) is 0 Å². The van der Waals surface area contributed by atoms with Crippen LogP contribution in [0.2, 0.25) is 0 Å². The zero-order valence-corrected chi connectivity index (χ0v) is 11.4. The van der Waals surface area contributed by atoms with Crippen molar-refractivity contribution in [3.8, 4) is 0 Å². The molecule has 110 valence electrons. The summed E-state index contributed by atoms with van der Waals surface area (Å²) in [4.78, 5) is 37.2. The van der Waals surface area contributed by atoms with Crippen molar-refractivity contribution in [2.75, 3.05) is 20.2 Å². The molecule has 9 nitrogen and oxygen atoms in total. The van der Waals surface area contributed by atoms with Crippen molar-refractivity contribution in [1.82, 2.24) is 14.3 Å². The van der Waals surface area contributed by atoms with Crippen LogP contribution >= 0.6 is 0 Å². The van der Waals surface area contributed by atoms with Crippen LogP contribution in [0.3, 0.4) is 0 Å². The molecule has 2 rings (SSSR count). The van der Waals surface area contributed by atoms with Crippen molar-refractivity contribution < 1.29 is 17.9 Å². The number of nitrogens with one attached hydrogen (secondary N) is 2. The van der Waals surface area contributed by atoms with Gasteiger partial charge in [0.25, 0.3) is 5.56 Å². The molecule has 0 amide bonds. The number of rotatable bonds is 3. The van der Waals surface area contributed by atoms with Crippen LogP contribution in [0.5, 0.6) is 0 Å². The second-order valence-corrected chi connectivity index (χ2v) is 6.21. The Morgan fingerprint density at radius 3 is 2.75 bits per heavy atom. The zero-order chi connectivity index (χ0) is 14.9. The van der Waals surface area contributed by atoms with Crippen molar-refractivity contribution in [3.05, 3.63) is 27.0 Å². The number of carbonyl (C=O) groups excluding carboxylic acids is 1. The van der Waals surface area contributed by atoms with E-state index >= 15 is 0 Å². The molecular weight excluding hydrogens is 290 g/mol. The van der Waals surface area contributed by atoms with Crippen LogP contribution in [0.4, 0.5) is 0 Å².